The highest BCUT2D eigenvalue weighted by Gasteiger charge is 2.12. The molecule has 15 heavy (non-hydrogen) atoms. The molecule has 3 nitrogen and oxygen atoms in total. The van der Waals surface area contributed by atoms with Gasteiger partial charge in [0.05, 0.1) is 16.2 Å². The van der Waals surface area contributed by atoms with Crippen molar-refractivity contribution in [2.24, 2.45) is 5.73 Å². The van der Waals surface area contributed by atoms with E-state index in [1.807, 2.05) is 22.7 Å². The summed E-state index contributed by atoms with van der Waals surface area (Å²) in [5.74, 6) is 1.37. The zero-order valence-corrected chi connectivity index (χ0v) is 9.62. The highest BCUT2D eigenvalue weighted by Crippen LogP contribution is 2.21. The van der Waals surface area contributed by atoms with Gasteiger partial charge in [0.2, 0.25) is 0 Å². The largest absolute Gasteiger partial charge is 0.325 e. The van der Waals surface area contributed by atoms with Crippen molar-refractivity contribution in [3.05, 3.63) is 34.9 Å². The smallest absolute Gasteiger partial charge is 0.116 e. The molecule has 0 amide bonds. The molecule has 2 aromatic rings. The third-order valence-corrected chi connectivity index (χ3v) is 2.64. The Balaban J connectivity index is 2.76. The molecule has 2 rings (SSSR count). The molecule has 2 N–H and O–H groups in total. The van der Waals surface area contributed by atoms with Crippen LogP contribution in [0.4, 0.5) is 0 Å². The van der Waals surface area contributed by atoms with Crippen molar-refractivity contribution in [2.75, 3.05) is 0 Å². The molecule has 2 heterocycles. The fourth-order valence-corrected chi connectivity index (χ4v) is 1.87. The summed E-state index contributed by atoms with van der Waals surface area (Å²) < 4.78 is 2.02. The number of aromatic nitrogens is 2. The molecule has 0 aromatic carbocycles. The van der Waals surface area contributed by atoms with E-state index in [4.69, 9.17) is 17.3 Å². The predicted octanol–water partition coefficient (Wildman–Crippen LogP) is 2.57. The number of rotatable bonds is 2. The van der Waals surface area contributed by atoms with Crippen LogP contribution in [0.25, 0.3) is 5.52 Å². The molecule has 0 atom stereocenters. The maximum atomic E-state index is 5.97. The van der Waals surface area contributed by atoms with Gasteiger partial charge in [0, 0.05) is 18.7 Å². The van der Waals surface area contributed by atoms with Gasteiger partial charge in [0.25, 0.3) is 0 Å². The van der Waals surface area contributed by atoms with Crippen molar-refractivity contribution in [1.82, 2.24) is 9.38 Å². The summed E-state index contributed by atoms with van der Waals surface area (Å²) in [4.78, 5) is 4.53. The van der Waals surface area contributed by atoms with Crippen molar-refractivity contribution in [1.29, 1.82) is 0 Å². The Hall–Kier alpha value is -1.06. The van der Waals surface area contributed by atoms with Crippen LogP contribution >= 0.6 is 11.6 Å². The lowest BCUT2D eigenvalue weighted by Gasteiger charge is -2.03. The molecule has 0 aliphatic heterocycles. The first kappa shape index (κ1) is 10.5. The fraction of sp³-hybridized carbons (Fsp3) is 0.364. The molecule has 0 saturated carbocycles. The molecule has 4 heteroatoms. The highest BCUT2D eigenvalue weighted by molar-refractivity contribution is 6.30. The number of pyridine rings is 1. The standard InChI is InChI=1S/C11H14ClN3/c1-7(2)11-14-9(5-13)10-4-3-8(12)6-15(10)11/h3-4,6-7H,5,13H2,1-2H3. The fourth-order valence-electron chi connectivity index (χ4n) is 1.71. The van der Waals surface area contributed by atoms with Crippen molar-refractivity contribution in [2.45, 2.75) is 26.3 Å². The maximum Gasteiger partial charge on any atom is 0.116 e. The summed E-state index contributed by atoms with van der Waals surface area (Å²) in [6.07, 6.45) is 1.89. The van der Waals surface area contributed by atoms with Crippen LogP contribution in [0.2, 0.25) is 5.02 Å². The van der Waals surface area contributed by atoms with Crippen LogP contribution < -0.4 is 5.73 Å². The van der Waals surface area contributed by atoms with Crippen LogP contribution in [-0.2, 0) is 6.54 Å². The average Bonchev–Trinajstić information content (AvgIpc) is 2.55. The summed E-state index contributed by atoms with van der Waals surface area (Å²) in [5.41, 5.74) is 7.63. The molecule has 0 aliphatic rings. The van der Waals surface area contributed by atoms with Gasteiger partial charge in [-0.3, -0.25) is 0 Å². The molecule has 0 spiro atoms. The molecule has 0 fully saturated rings. The quantitative estimate of drug-likeness (QED) is 0.851. The predicted molar refractivity (Wildman–Crippen MR) is 62.2 cm³/mol. The van der Waals surface area contributed by atoms with E-state index in [0.29, 0.717) is 17.5 Å². The Labute approximate surface area is 93.9 Å². The summed E-state index contributed by atoms with van der Waals surface area (Å²) in [6, 6.07) is 3.82. The van der Waals surface area contributed by atoms with E-state index < -0.39 is 0 Å². The topological polar surface area (TPSA) is 43.3 Å². The summed E-state index contributed by atoms with van der Waals surface area (Å²) >= 11 is 5.97. The lowest BCUT2D eigenvalue weighted by molar-refractivity contribution is 0.765. The average molecular weight is 224 g/mol. The zero-order valence-electron chi connectivity index (χ0n) is 8.87. The number of imidazole rings is 1. The van der Waals surface area contributed by atoms with Crippen LogP contribution in [0.15, 0.2) is 18.3 Å². The molecule has 0 unspecified atom stereocenters. The molecule has 0 radical (unpaired) electrons. The third kappa shape index (κ3) is 1.73. The molecule has 2 aromatic heterocycles. The number of halogens is 1. The van der Waals surface area contributed by atoms with Gasteiger partial charge >= 0.3 is 0 Å². The Morgan fingerprint density at radius 1 is 1.47 bits per heavy atom. The Morgan fingerprint density at radius 2 is 2.20 bits per heavy atom. The maximum absolute atomic E-state index is 5.97. The van der Waals surface area contributed by atoms with Crippen molar-refractivity contribution in [3.8, 4) is 0 Å². The van der Waals surface area contributed by atoms with E-state index in [1.165, 1.54) is 0 Å². The summed E-state index contributed by atoms with van der Waals surface area (Å²) in [6.45, 7) is 4.67. The van der Waals surface area contributed by atoms with Crippen LogP contribution in [0.3, 0.4) is 0 Å². The number of hydrogen-bond donors (Lipinski definition) is 1. The van der Waals surface area contributed by atoms with E-state index in [2.05, 4.69) is 18.8 Å². The number of nitrogens with two attached hydrogens (primary N) is 1. The lowest BCUT2D eigenvalue weighted by atomic mass is 10.2. The second-order valence-corrected chi connectivity index (χ2v) is 4.31. The van der Waals surface area contributed by atoms with Crippen molar-refractivity contribution in [3.63, 3.8) is 0 Å². The van der Waals surface area contributed by atoms with Crippen molar-refractivity contribution >= 4 is 17.1 Å². The van der Waals surface area contributed by atoms with E-state index >= 15 is 0 Å². The minimum absolute atomic E-state index is 0.358. The summed E-state index contributed by atoms with van der Waals surface area (Å²) in [7, 11) is 0. The van der Waals surface area contributed by atoms with Gasteiger partial charge < -0.3 is 10.1 Å². The minimum Gasteiger partial charge on any atom is -0.325 e. The van der Waals surface area contributed by atoms with Gasteiger partial charge in [0.1, 0.15) is 5.82 Å². The van der Waals surface area contributed by atoms with Gasteiger partial charge in [-0.15, -0.1) is 0 Å². The van der Waals surface area contributed by atoms with Gasteiger partial charge in [0.15, 0.2) is 0 Å². The molecular formula is C11H14ClN3. The van der Waals surface area contributed by atoms with Crippen molar-refractivity contribution < 1.29 is 0 Å². The van der Waals surface area contributed by atoms with Crippen LogP contribution in [0.1, 0.15) is 31.3 Å². The number of hydrogen-bond acceptors (Lipinski definition) is 2. The first-order valence-corrected chi connectivity index (χ1v) is 5.37. The van der Waals surface area contributed by atoms with E-state index in [9.17, 15) is 0 Å². The second kappa shape index (κ2) is 3.83. The van der Waals surface area contributed by atoms with E-state index in [1.54, 1.807) is 0 Å². The monoisotopic (exact) mass is 223 g/mol. The first-order valence-electron chi connectivity index (χ1n) is 5.00. The second-order valence-electron chi connectivity index (χ2n) is 3.88. The molecule has 0 aliphatic carbocycles. The first-order chi connectivity index (χ1) is 7.13. The number of nitrogens with zero attached hydrogens (tertiary/aromatic N) is 2. The molecule has 0 bridgehead atoms. The molecule has 80 valence electrons. The lowest BCUT2D eigenvalue weighted by Crippen LogP contribution is -1.97. The van der Waals surface area contributed by atoms with Gasteiger partial charge in [-0.1, -0.05) is 25.4 Å². The third-order valence-electron chi connectivity index (χ3n) is 2.41. The minimum atomic E-state index is 0.358. The highest BCUT2D eigenvalue weighted by atomic mass is 35.5. The number of fused-ring (bicyclic) bond motifs is 1. The van der Waals surface area contributed by atoms with Gasteiger partial charge in [-0.05, 0) is 12.1 Å². The van der Waals surface area contributed by atoms with Crippen LogP contribution in [0, 0.1) is 0 Å². The van der Waals surface area contributed by atoms with Crippen LogP contribution in [-0.4, -0.2) is 9.38 Å². The van der Waals surface area contributed by atoms with Gasteiger partial charge in [-0.25, -0.2) is 4.98 Å². The van der Waals surface area contributed by atoms with Gasteiger partial charge in [-0.2, -0.15) is 0 Å². The van der Waals surface area contributed by atoms with E-state index in [-0.39, 0.29) is 0 Å². The zero-order chi connectivity index (χ0) is 11.0. The SMILES string of the molecule is CC(C)c1nc(CN)c2ccc(Cl)cn12. The Kier molecular flexibility index (Phi) is 2.67. The van der Waals surface area contributed by atoms with E-state index in [0.717, 1.165) is 17.0 Å². The Morgan fingerprint density at radius 3 is 2.80 bits per heavy atom. The molecular weight excluding hydrogens is 210 g/mol. The van der Waals surface area contributed by atoms with Crippen LogP contribution in [0.5, 0.6) is 0 Å². The summed E-state index contributed by atoms with van der Waals surface area (Å²) in [5, 5.41) is 0.713. The Bertz CT molecular complexity index is 488. The molecule has 0 saturated heterocycles. The normalized spacial score (nSPS) is 11.5.